The summed E-state index contributed by atoms with van der Waals surface area (Å²) in [6.07, 6.45) is 16.4. The van der Waals surface area contributed by atoms with Gasteiger partial charge in [0, 0.05) is 0 Å². The number of unbranched alkanes of at least 4 members (excludes halogenated alkanes) is 2. The van der Waals surface area contributed by atoms with Gasteiger partial charge in [-0.2, -0.15) is 0 Å². The number of benzene rings is 1. The molecule has 0 unspecified atom stereocenters. The second kappa shape index (κ2) is 7.18. The van der Waals surface area contributed by atoms with Crippen molar-refractivity contribution in [2.75, 3.05) is 6.79 Å². The normalized spacial score (nSPS) is 38.9. The topological polar surface area (TPSA) is 55.8 Å². The molecule has 1 aromatic rings. The summed E-state index contributed by atoms with van der Waals surface area (Å²) in [6, 6.07) is 6.31. The van der Waals surface area contributed by atoms with Gasteiger partial charge in [-0.25, -0.2) is 0 Å². The number of hydrogen-bond acceptors (Lipinski definition) is 3. The summed E-state index contributed by atoms with van der Waals surface area (Å²) in [6.45, 7) is 0.340. The highest BCUT2D eigenvalue weighted by Crippen LogP contribution is 2.67. The molecule has 1 heterocycles. The Bertz CT molecular complexity index is 902. The fraction of sp³-hybridized carbons (Fsp3) is 0.577. The lowest BCUT2D eigenvalue weighted by Crippen LogP contribution is -2.50. The van der Waals surface area contributed by atoms with Gasteiger partial charge in [-0.1, -0.05) is 43.2 Å². The Morgan fingerprint density at radius 3 is 2.73 bits per heavy atom. The van der Waals surface area contributed by atoms with Crippen molar-refractivity contribution in [1.82, 2.24) is 0 Å². The molecule has 4 aliphatic carbocycles. The summed E-state index contributed by atoms with van der Waals surface area (Å²) >= 11 is 0. The van der Waals surface area contributed by atoms with Crippen molar-refractivity contribution in [2.45, 2.75) is 38.5 Å². The van der Waals surface area contributed by atoms with Crippen LogP contribution < -0.4 is 9.47 Å². The third-order valence-electron chi connectivity index (χ3n) is 8.67. The van der Waals surface area contributed by atoms with Gasteiger partial charge in [-0.15, -0.1) is 0 Å². The van der Waals surface area contributed by atoms with Crippen LogP contribution in [0.15, 0.2) is 42.5 Å². The summed E-state index contributed by atoms with van der Waals surface area (Å²) in [5, 5.41) is 9.60. The van der Waals surface area contributed by atoms with E-state index >= 15 is 0 Å². The minimum absolute atomic E-state index is 0.228. The monoisotopic (exact) mass is 406 g/mol. The van der Waals surface area contributed by atoms with Gasteiger partial charge in [0.15, 0.2) is 11.5 Å². The number of carbonyl (C=O) groups is 1. The van der Waals surface area contributed by atoms with Crippen LogP contribution in [0.5, 0.6) is 11.5 Å². The van der Waals surface area contributed by atoms with Crippen molar-refractivity contribution in [3.63, 3.8) is 0 Å². The van der Waals surface area contributed by atoms with Crippen LogP contribution in [0.4, 0.5) is 0 Å². The van der Waals surface area contributed by atoms with Crippen LogP contribution >= 0.6 is 0 Å². The molecule has 1 N–H and O–H groups in total. The van der Waals surface area contributed by atoms with E-state index in [9.17, 15) is 9.90 Å². The molecule has 0 radical (unpaired) electrons. The van der Waals surface area contributed by atoms with Gasteiger partial charge < -0.3 is 14.6 Å². The summed E-state index contributed by atoms with van der Waals surface area (Å²) in [5.41, 5.74) is 1.34. The van der Waals surface area contributed by atoms with E-state index < -0.39 is 5.97 Å². The zero-order valence-corrected chi connectivity index (χ0v) is 17.3. The third-order valence-corrected chi connectivity index (χ3v) is 8.67. The molecule has 2 fully saturated rings. The first-order valence-corrected chi connectivity index (χ1v) is 11.7. The largest absolute Gasteiger partial charge is 0.481 e. The minimum Gasteiger partial charge on any atom is -0.481 e. The van der Waals surface area contributed by atoms with Crippen LogP contribution in [-0.4, -0.2) is 17.9 Å². The van der Waals surface area contributed by atoms with E-state index in [1.807, 2.05) is 12.1 Å². The van der Waals surface area contributed by atoms with Gasteiger partial charge in [0.25, 0.3) is 0 Å². The second-order valence-electron chi connectivity index (χ2n) is 9.96. The number of hydrogen-bond donors (Lipinski definition) is 1. The van der Waals surface area contributed by atoms with Crippen molar-refractivity contribution in [3.05, 3.63) is 48.1 Å². The molecule has 30 heavy (non-hydrogen) atoms. The van der Waals surface area contributed by atoms with Crippen LogP contribution in [0, 0.1) is 47.3 Å². The number of rotatable bonds is 7. The molecule has 4 nitrogen and oxygen atoms in total. The average Bonchev–Trinajstić information content (AvgIpc) is 3.34. The second-order valence-corrected chi connectivity index (χ2v) is 9.96. The Hall–Kier alpha value is -2.23. The molecule has 1 aliphatic heterocycles. The highest BCUT2D eigenvalue weighted by atomic mass is 16.7. The Kier molecular flexibility index (Phi) is 4.43. The molecular weight excluding hydrogens is 376 g/mol. The summed E-state index contributed by atoms with van der Waals surface area (Å²) in [7, 11) is 0. The number of carboxylic acids is 1. The lowest BCUT2D eigenvalue weighted by atomic mass is 9.50. The molecular formula is C26H30O4. The van der Waals surface area contributed by atoms with E-state index in [0.717, 1.165) is 35.7 Å². The quantitative estimate of drug-likeness (QED) is 0.506. The molecule has 0 saturated heterocycles. The molecule has 5 aliphatic rings. The van der Waals surface area contributed by atoms with Gasteiger partial charge in [-0.3, -0.25) is 4.79 Å². The number of aliphatic carboxylic acids is 1. The van der Waals surface area contributed by atoms with Gasteiger partial charge in [0.1, 0.15) is 0 Å². The first-order valence-electron chi connectivity index (χ1n) is 11.7. The Labute approximate surface area is 178 Å². The van der Waals surface area contributed by atoms with Gasteiger partial charge in [0.2, 0.25) is 6.79 Å². The van der Waals surface area contributed by atoms with Gasteiger partial charge in [-0.05, 0) is 84.8 Å². The molecule has 4 heteroatoms. The summed E-state index contributed by atoms with van der Waals surface area (Å²) < 4.78 is 10.9. The maximum absolute atomic E-state index is 11.7. The summed E-state index contributed by atoms with van der Waals surface area (Å²) in [5.74, 6) is 5.31. The number of ether oxygens (including phenoxy) is 2. The van der Waals surface area contributed by atoms with Gasteiger partial charge >= 0.3 is 5.97 Å². The van der Waals surface area contributed by atoms with E-state index in [0.29, 0.717) is 24.5 Å². The third kappa shape index (κ3) is 2.83. The van der Waals surface area contributed by atoms with Crippen LogP contribution in [0.2, 0.25) is 0 Å². The van der Waals surface area contributed by atoms with Crippen molar-refractivity contribution in [1.29, 1.82) is 0 Å². The minimum atomic E-state index is -0.653. The van der Waals surface area contributed by atoms with E-state index in [1.54, 1.807) is 0 Å². The fourth-order valence-corrected chi connectivity index (χ4v) is 7.42. The fourth-order valence-electron chi connectivity index (χ4n) is 7.42. The predicted molar refractivity (Wildman–Crippen MR) is 113 cm³/mol. The van der Waals surface area contributed by atoms with E-state index in [1.165, 1.54) is 37.7 Å². The van der Waals surface area contributed by atoms with Crippen molar-refractivity contribution < 1.29 is 19.4 Å². The average molecular weight is 407 g/mol. The van der Waals surface area contributed by atoms with E-state index in [4.69, 9.17) is 9.47 Å². The number of fused-ring (bicyclic) bond motifs is 1. The molecule has 6 rings (SSSR count). The van der Waals surface area contributed by atoms with Crippen LogP contribution in [0.25, 0.3) is 0 Å². The molecule has 1 aromatic carbocycles. The van der Waals surface area contributed by atoms with Crippen molar-refractivity contribution >= 4 is 5.97 Å². The lowest BCUT2D eigenvalue weighted by molar-refractivity contribution is -0.143. The van der Waals surface area contributed by atoms with Crippen LogP contribution in [0.1, 0.15) is 37.7 Å². The SMILES string of the molecule is O=C(O)[C@@H]1C=C[C@@H]2C[C@H]3[C@@H](CCCCCc4ccc5c(c4)OCO5)[C@H]4C=C[C@@H]1[C@@H]2[C@H]43. The maximum Gasteiger partial charge on any atom is 0.310 e. The smallest absolute Gasteiger partial charge is 0.310 e. The molecule has 0 aromatic heterocycles. The Morgan fingerprint density at radius 2 is 1.83 bits per heavy atom. The molecule has 2 saturated carbocycles. The highest BCUT2D eigenvalue weighted by molar-refractivity contribution is 5.73. The Morgan fingerprint density at radius 1 is 0.967 bits per heavy atom. The molecule has 0 spiro atoms. The molecule has 158 valence electrons. The van der Waals surface area contributed by atoms with Crippen LogP contribution in [0.3, 0.4) is 0 Å². The maximum atomic E-state index is 11.7. The number of carboxylic acid groups (broad SMARTS) is 1. The highest BCUT2D eigenvalue weighted by Gasteiger charge is 2.62. The molecule has 0 bridgehead atoms. The van der Waals surface area contributed by atoms with Crippen LogP contribution in [-0.2, 0) is 11.2 Å². The van der Waals surface area contributed by atoms with E-state index in [2.05, 4.69) is 30.4 Å². The van der Waals surface area contributed by atoms with Gasteiger partial charge in [0.05, 0.1) is 5.92 Å². The molecule has 0 amide bonds. The van der Waals surface area contributed by atoms with E-state index in [-0.39, 0.29) is 11.8 Å². The zero-order chi connectivity index (χ0) is 20.2. The molecule has 8 atom stereocenters. The zero-order valence-electron chi connectivity index (χ0n) is 17.3. The standard InChI is InChI=1S/C26H30O4/c27-26(28)20-8-7-16-13-21-17(18-9-10-19(20)24(16)25(18)21)5-3-1-2-4-15-6-11-22-23(12-15)30-14-29-22/h6-12,16-21,24-25H,1-5,13-14H2,(H,27,28)/t16-,17+,18-,19+,20-,21+,24-,25-/m1/s1. The first-order chi connectivity index (χ1) is 14.7. The lowest BCUT2D eigenvalue weighted by Gasteiger charge is -2.54. The van der Waals surface area contributed by atoms with Crippen molar-refractivity contribution in [3.8, 4) is 11.5 Å². The Balaban J connectivity index is 1.02. The van der Waals surface area contributed by atoms with Crippen molar-refractivity contribution in [2.24, 2.45) is 47.3 Å². The predicted octanol–water partition coefficient (Wildman–Crippen LogP) is 5.09. The summed E-state index contributed by atoms with van der Waals surface area (Å²) in [4.78, 5) is 11.7. The first kappa shape index (κ1) is 18.5. The number of allylic oxidation sites excluding steroid dienone is 3. The number of aryl methyl sites for hydroxylation is 1.